The third-order valence-corrected chi connectivity index (χ3v) is 5.50. The Morgan fingerprint density at radius 3 is 2.63 bits per heavy atom. The van der Waals surface area contributed by atoms with Crippen molar-refractivity contribution in [2.75, 3.05) is 32.7 Å². The molecule has 7 heteroatoms. The van der Waals surface area contributed by atoms with Gasteiger partial charge in [0.05, 0.1) is 5.92 Å². The van der Waals surface area contributed by atoms with Crippen molar-refractivity contribution in [1.82, 2.24) is 15.1 Å². The van der Waals surface area contributed by atoms with Crippen molar-refractivity contribution >= 4 is 29.3 Å². The normalized spacial score (nSPS) is 20.0. The average molecular weight is 392 g/mol. The van der Waals surface area contributed by atoms with Crippen LogP contribution >= 0.6 is 11.6 Å². The van der Waals surface area contributed by atoms with E-state index in [0.717, 1.165) is 32.2 Å². The van der Waals surface area contributed by atoms with E-state index >= 15 is 0 Å². The molecule has 2 saturated heterocycles. The summed E-state index contributed by atoms with van der Waals surface area (Å²) in [6, 6.07) is 6.84. The number of halogens is 1. The Hall–Kier alpha value is -2.08. The van der Waals surface area contributed by atoms with Gasteiger partial charge in [-0.2, -0.15) is 0 Å². The Balaban J connectivity index is 1.44. The first-order chi connectivity index (χ1) is 13.0. The van der Waals surface area contributed by atoms with E-state index in [0.29, 0.717) is 43.2 Å². The first kappa shape index (κ1) is 19.7. The van der Waals surface area contributed by atoms with Crippen molar-refractivity contribution in [2.24, 2.45) is 5.92 Å². The van der Waals surface area contributed by atoms with Crippen LogP contribution in [0.5, 0.6) is 0 Å². The van der Waals surface area contributed by atoms with E-state index < -0.39 is 0 Å². The van der Waals surface area contributed by atoms with Gasteiger partial charge in [0.2, 0.25) is 11.8 Å². The molecule has 6 nitrogen and oxygen atoms in total. The van der Waals surface area contributed by atoms with Crippen molar-refractivity contribution in [3.8, 4) is 0 Å². The quantitative estimate of drug-likeness (QED) is 0.756. The molecule has 0 spiro atoms. The van der Waals surface area contributed by atoms with Crippen LogP contribution in [0.15, 0.2) is 24.3 Å². The summed E-state index contributed by atoms with van der Waals surface area (Å²) in [4.78, 5) is 40.3. The van der Waals surface area contributed by atoms with Gasteiger partial charge in [0.15, 0.2) is 0 Å². The number of hydrogen-bond donors (Lipinski definition) is 1. The van der Waals surface area contributed by atoms with Crippen molar-refractivity contribution in [3.05, 3.63) is 34.9 Å². The van der Waals surface area contributed by atoms with Gasteiger partial charge in [0, 0.05) is 49.7 Å². The predicted molar refractivity (Wildman–Crippen MR) is 104 cm³/mol. The van der Waals surface area contributed by atoms with E-state index in [9.17, 15) is 14.4 Å². The maximum absolute atomic E-state index is 12.6. The molecule has 3 rings (SSSR count). The molecule has 1 aromatic carbocycles. The fraction of sp³-hybridized carbons (Fsp3) is 0.550. The lowest BCUT2D eigenvalue weighted by molar-refractivity contribution is -0.127. The molecule has 1 N–H and O–H groups in total. The molecule has 0 bridgehead atoms. The van der Waals surface area contributed by atoms with Crippen molar-refractivity contribution < 1.29 is 14.4 Å². The van der Waals surface area contributed by atoms with E-state index in [4.69, 9.17) is 11.6 Å². The summed E-state index contributed by atoms with van der Waals surface area (Å²) in [5.41, 5.74) is 0.593. The van der Waals surface area contributed by atoms with E-state index in [-0.39, 0.29) is 23.6 Å². The standard InChI is InChI=1S/C20H26ClN3O3/c21-17-8-6-15(7-9-17)20(27)24-12-1-4-16(14-24)19(26)22-10-3-13-23-11-2-5-18(23)25/h6-9,16H,1-5,10-14H2,(H,22,26)/t16-/m1/s1. The van der Waals surface area contributed by atoms with Crippen molar-refractivity contribution in [3.63, 3.8) is 0 Å². The monoisotopic (exact) mass is 391 g/mol. The number of piperidine rings is 1. The highest BCUT2D eigenvalue weighted by molar-refractivity contribution is 6.30. The van der Waals surface area contributed by atoms with Crippen LogP contribution in [0.3, 0.4) is 0 Å². The number of likely N-dealkylation sites (tertiary alicyclic amines) is 2. The van der Waals surface area contributed by atoms with Gasteiger partial charge >= 0.3 is 0 Å². The fourth-order valence-corrected chi connectivity index (χ4v) is 3.84. The molecule has 2 aliphatic rings. The second kappa shape index (κ2) is 9.22. The van der Waals surface area contributed by atoms with Crippen molar-refractivity contribution in [2.45, 2.75) is 32.1 Å². The van der Waals surface area contributed by atoms with Crippen LogP contribution < -0.4 is 5.32 Å². The first-order valence-corrected chi connectivity index (χ1v) is 10.0. The molecule has 0 unspecified atom stereocenters. The van der Waals surface area contributed by atoms with Gasteiger partial charge < -0.3 is 15.1 Å². The topological polar surface area (TPSA) is 69.7 Å². The van der Waals surface area contributed by atoms with Gasteiger partial charge in [-0.3, -0.25) is 14.4 Å². The van der Waals surface area contributed by atoms with E-state index in [1.807, 2.05) is 4.90 Å². The molecule has 27 heavy (non-hydrogen) atoms. The number of nitrogens with one attached hydrogen (secondary N) is 1. The smallest absolute Gasteiger partial charge is 0.253 e. The maximum Gasteiger partial charge on any atom is 0.253 e. The number of carbonyl (C=O) groups excluding carboxylic acids is 3. The molecule has 1 aromatic rings. The Kier molecular flexibility index (Phi) is 6.72. The van der Waals surface area contributed by atoms with Gasteiger partial charge in [-0.15, -0.1) is 0 Å². The molecular formula is C20H26ClN3O3. The Labute approximate surface area is 164 Å². The van der Waals surface area contributed by atoms with Gasteiger partial charge in [-0.1, -0.05) is 11.6 Å². The molecule has 2 heterocycles. The molecule has 146 valence electrons. The van der Waals surface area contributed by atoms with Crippen LogP contribution in [0.4, 0.5) is 0 Å². The summed E-state index contributed by atoms with van der Waals surface area (Å²) < 4.78 is 0. The minimum absolute atomic E-state index is 0.00338. The summed E-state index contributed by atoms with van der Waals surface area (Å²) in [5.74, 6) is -0.0264. The highest BCUT2D eigenvalue weighted by atomic mass is 35.5. The number of rotatable bonds is 6. The molecule has 0 radical (unpaired) electrons. The third kappa shape index (κ3) is 5.22. The summed E-state index contributed by atoms with van der Waals surface area (Å²) in [6.45, 7) is 3.20. The lowest BCUT2D eigenvalue weighted by Crippen LogP contribution is -2.45. The van der Waals surface area contributed by atoms with Crippen LogP contribution in [-0.2, 0) is 9.59 Å². The highest BCUT2D eigenvalue weighted by Gasteiger charge is 2.28. The van der Waals surface area contributed by atoms with Gasteiger partial charge in [-0.05, 0) is 49.9 Å². The summed E-state index contributed by atoms with van der Waals surface area (Å²) in [7, 11) is 0. The van der Waals surface area contributed by atoms with Crippen LogP contribution in [-0.4, -0.2) is 60.2 Å². The Morgan fingerprint density at radius 1 is 1.15 bits per heavy atom. The summed E-state index contributed by atoms with van der Waals surface area (Å²) in [5, 5.41) is 3.56. The number of amides is 3. The molecule has 2 fully saturated rings. The van der Waals surface area contributed by atoms with Crippen molar-refractivity contribution in [1.29, 1.82) is 0 Å². The zero-order valence-electron chi connectivity index (χ0n) is 15.5. The maximum atomic E-state index is 12.6. The number of benzene rings is 1. The molecule has 3 amide bonds. The molecule has 2 aliphatic heterocycles. The zero-order chi connectivity index (χ0) is 19.2. The first-order valence-electron chi connectivity index (χ1n) is 9.65. The minimum atomic E-state index is -0.177. The molecule has 0 aromatic heterocycles. The number of carbonyl (C=O) groups is 3. The van der Waals surface area contributed by atoms with Gasteiger partial charge in [-0.25, -0.2) is 0 Å². The number of nitrogens with zero attached hydrogens (tertiary/aromatic N) is 2. The third-order valence-electron chi connectivity index (χ3n) is 5.25. The van der Waals surface area contributed by atoms with Crippen LogP contribution in [0.2, 0.25) is 5.02 Å². The number of hydrogen-bond acceptors (Lipinski definition) is 3. The SMILES string of the molecule is O=C(NCCCN1CCCC1=O)[C@@H]1CCCN(C(=O)c2ccc(Cl)cc2)C1. The average Bonchev–Trinajstić information content (AvgIpc) is 3.10. The Bertz CT molecular complexity index is 692. The second-order valence-electron chi connectivity index (χ2n) is 7.23. The van der Waals surface area contributed by atoms with Crippen LogP contribution in [0.1, 0.15) is 42.5 Å². The lowest BCUT2D eigenvalue weighted by atomic mass is 9.96. The highest BCUT2D eigenvalue weighted by Crippen LogP contribution is 2.20. The zero-order valence-corrected chi connectivity index (χ0v) is 16.2. The van der Waals surface area contributed by atoms with E-state index in [1.165, 1.54) is 0 Å². The predicted octanol–water partition coefficient (Wildman–Crippen LogP) is 2.32. The van der Waals surface area contributed by atoms with Gasteiger partial charge in [0.1, 0.15) is 0 Å². The van der Waals surface area contributed by atoms with Gasteiger partial charge in [0.25, 0.3) is 5.91 Å². The summed E-state index contributed by atoms with van der Waals surface area (Å²) >= 11 is 5.88. The van der Waals surface area contributed by atoms with E-state index in [1.54, 1.807) is 29.2 Å². The second-order valence-corrected chi connectivity index (χ2v) is 7.66. The van der Waals surface area contributed by atoms with Crippen LogP contribution in [0, 0.1) is 5.92 Å². The largest absolute Gasteiger partial charge is 0.356 e. The lowest BCUT2D eigenvalue weighted by Gasteiger charge is -2.32. The Morgan fingerprint density at radius 2 is 1.93 bits per heavy atom. The molecular weight excluding hydrogens is 366 g/mol. The molecule has 0 aliphatic carbocycles. The molecule has 1 atom stereocenters. The fourth-order valence-electron chi connectivity index (χ4n) is 3.72. The minimum Gasteiger partial charge on any atom is -0.356 e. The van der Waals surface area contributed by atoms with E-state index in [2.05, 4.69) is 5.32 Å². The van der Waals surface area contributed by atoms with Crippen LogP contribution in [0.25, 0.3) is 0 Å². The summed E-state index contributed by atoms with van der Waals surface area (Å²) in [6.07, 6.45) is 3.95. The molecule has 0 saturated carbocycles.